The Bertz CT molecular complexity index is 1130. The minimum atomic E-state index is -0.609. The van der Waals surface area contributed by atoms with Crippen molar-refractivity contribution in [2.75, 3.05) is 10.2 Å². The molecule has 1 atom stereocenters. The molecule has 1 N–H and O–H groups in total. The van der Waals surface area contributed by atoms with Crippen molar-refractivity contribution in [3.8, 4) is 5.75 Å². The molecule has 0 spiro atoms. The number of hydrogen-bond acceptors (Lipinski definition) is 3. The molecule has 30 heavy (non-hydrogen) atoms. The Kier molecular flexibility index (Phi) is 5.79. The Morgan fingerprint density at radius 2 is 1.93 bits per heavy atom. The van der Waals surface area contributed by atoms with E-state index in [1.54, 1.807) is 54.3 Å². The van der Waals surface area contributed by atoms with Crippen LogP contribution in [-0.2, 0) is 11.3 Å². The molecule has 4 rings (SSSR count). The first-order valence-electron chi connectivity index (χ1n) is 9.35. The van der Waals surface area contributed by atoms with E-state index in [0.29, 0.717) is 34.3 Å². The van der Waals surface area contributed by atoms with Crippen LogP contribution in [0.25, 0.3) is 0 Å². The van der Waals surface area contributed by atoms with Gasteiger partial charge in [-0.1, -0.05) is 51.8 Å². The lowest BCUT2D eigenvalue weighted by Crippen LogP contribution is -2.44. The number of nitrogens with one attached hydrogen (secondary N) is 1. The van der Waals surface area contributed by atoms with Gasteiger partial charge in [0, 0.05) is 20.7 Å². The molecule has 0 aromatic heterocycles. The van der Waals surface area contributed by atoms with Crippen LogP contribution in [0.4, 0.5) is 11.4 Å². The second-order valence-electron chi connectivity index (χ2n) is 6.92. The standard InChI is InChI=1S/C23H18BrClN2O3/c1-14-23(29)27(13-16-5-2-3-8-19(16)25)20-12-18(9-10-21(20)30-14)26-22(28)15-6-4-7-17(24)11-15/h2-12,14H,13H2,1H3,(H,26,28). The zero-order chi connectivity index (χ0) is 21.3. The van der Waals surface area contributed by atoms with Crippen molar-refractivity contribution in [2.24, 2.45) is 0 Å². The Labute approximate surface area is 187 Å². The summed E-state index contributed by atoms with van der Waals surface area (Å²) in [6.45, 7) is 2.02. The van der Waals surface area contributed by atoms with Gasteiger partial charge in [-0.3, -0.25) is 9.59 Å². The lowest BCUT2D eigenvalue weighted by molar-refractivity contribution is -0.125. The highest BCUT2D eigenvalue weighted by Crippen LogP contribution is 2.38. The summed E-state index contributed by atoms with van der Waals surface area (Å²) >= 11 is 9.68. The first kappa shape index (κ1) is 20.4. The van der Waals surface area contributed by atoms with E-state index in [9.17, 15) is 9.59 Å². The van der Waals surface area contributed by atoms with Crippen LogP contribution in [0.2, 0.25) is 5.02 Å². The molecule has 1 unspecified atom stereocenters. The van der Waals surface area contributed by atoms with Gasteiger partial charge in [-0.25, -0.2) is 0 Å². The number of amides is 2. The van der Waals surface area contributed by atoms with Crippen LogP contribution in [-0.4, -0.2) is 17.9 Å². The molecule has 1 aliphatic rings. The quantitative estimate of drug-likeness (QED) is 0.518. The highest BCUT2D eigenvalue weighted by molar-refractivity contribution is 9.10. The Morgan fingerprint density at radius 3 is 2.70 bits per heavy atom. The maximum absolute atomic E-state index is 12.9. The number of benzene rings is 3. The summed E-state index contributed by atoms with van der Waals surface area (Å²) in [5, 5.41) is 3.47. The molecule has 0 saturated heterocycles. The molecule has 0 aliphatic carbocycles. The smallest absolute Gasteiger partial charge is 0.268 e. The normalized spacial score (nSPS) is 15.4. The average molecular weight is 486 g/mol. The number of carbonyl (C=O) groups excluding carboxylic acids is 2. The summed E-state index contributed by atoms with van der Waals surface area (Å²) in [5.74, 6) is 0.165. The van der Waals surface area contributed by atoms with Gasteiger partial charge in [0.15, 0.2) is 6.10 Å². The minimum absolute atomic E-state index is 0.169. The van der Waals surface area contributed by atoms with Crippen molar-refractivity contribution in [1.29, 1.82) is 0 Å². The number of fused-ring (bicyclic) bond motifs is 1. The van der Waals surface area contributed by atoms with Crippen LogP contribution in [0.3, 0.4) is 0 Å². The molecule has 5 nitrogen and oxygen atoms in total. The maximum atomic E-state index is 12.9. The molecular formula is C23H18BrClN2O3. The van der Waals surface area contributed by atoms with Gasteiger partial charge < -0.3 is 15.0 Å². The Hall–Kier alpha value is -2.83. The van der Waals surface area contributed by atoms with Gasteiger partial charge in [-0.05, 0) is 55.0 Å². The zero-order valence-electron chi connectivity index (χ0n) is 16.1. The number of hydrogen-bond donors (Lipinski definition) is 1. The van der Waals surface area contributed by atoms with Crippen LogP contribution in [0, 0.1) is 0 Å². The van der Waals surface area contributed by atoms with Crippen molar-refractivity contribution >= 4 is 50.7 Å². The van der Waals surface area contributed by atoms with E-state index in [4.69, 9.17) is 16.3 Å². The fourth-order valence-electron chi connectivity index (χ4n) is 3.28. The van der Waals surface area contributed by atoms with Crippen LogP contribution in [0.15, 0.2) is 71.2 Å². The first-order chi connectivity index (χ1) is 14.4. The predicted molar refractivity (Wildman–Crippen MR) is 121 cm³/mol. The molecule has 3 aromatic carbocycles. The molecule has 1 heterocycles. The lowest BCUT2D eigenvalue weighted by atomic mass is 10.1. The number of rotatable bonds is 4. The maximum Gasteiger partial charge on any atom is 0.268 e. The van der Waals surface area contributed by atoms with E-state index in [-0.39, 0.29) is 11.8 Å². The topological polar surface area (TPSA) is 58.6 Å². The summed E-state index contributed by atoms with van der Waals surface area (Å²) in [6.07, 6.45) is -0.609. The number of nitrogens with zero attached hydrogens (tertiary/aromatic N) is 1. The van der Waals surface area contributed by atoms with Gasteiger partial charge in [0.2, 0.25) is 0 Å². The highest BCUT2D eigenvalue weighted by Gasteiger charge is 2.32. The lowest BCUT2D eigenvalue weighted by Gasteiger charge is -2.33. The Morgan fingerprint density at radius 1 is 1.13 bits per heavy atom. The molecule has 3 aromatic rings. The number of carbonyl (C=O) groups is 2. The molecule has 7 heteroatoms. The van der Waals surface area contributed by atoms with Crippen molar-refractivity contribution in [1.82, 2.24) is 0 Å². The summed E-state index contributed by atoms with van der Waals surface area (Å²) < 4.78 is 6.58. The predicted octanol–water partition coefficient (Wildman–Crippen LogP) is 5.67. The van der Waals surface area contributed by atoms with Crippen LogP contribution in [0.5, 0.6) is 5.75 Å². The van der Waals surface area contributed by atoms with Gasteiger partial charge in [0.05, 0.1) is 12.2 Å². The third-order valence-electron chi connectivity index (χ3n) is 4.80. The van der Waals surface area contributed by atoms with E-state index in [1.165, 1.54) is 0 Å². The van der Waals surface area contributed by atoms with Gasteiger partial charge in [-0.15, -0.1) is 0 Å². The summed E-state index contributed by atoms with van der Waals surface area (Å²) in [7, 11) is 0. The Balaban J connectivity index is 1.65. The van der Waals surface area contributed by atoms with Gasteiger partial charge in [-0.2, -0.15) is 0 Å². The van der Waals surface area contributed by atoms with Gasteiger partial charge in [0.1, 0.15) is 5.75 Å². The SMILES string of the molecule is CC1Oc2ccc(NC(=O)c3cccc(Br)c3)cc2N(Cc2ccccc2Cl)C1=O. The molecule has 0 radical (unpaired) electrons. The third kappa shape index (κ3) is 4.20. The fourth-order valence-corrected chi connectivity index (χ4v) is 3.87. The number of anilines is 2. The molecule has 0 saturated carbocycles. The van der Waals surface area contributed by atoms with Crippen molar-refractivity contribution < 1.29 is 14.3 Å². The number of ether oxygens (including phenoxy) is 1. The van der Waals surface area contributed by atoms with E-state index in [2.05, 4.69) is 21.2 Å². The first-order valence-corrected chi connectivity index (χ1v) is 10.5. The minimum Gasteiger partial charge on any atom is -0.479 e. The molecule has 0 fully saturated rings. The van der Waals surface area contributed by atoms with E-state index < -0.39 is 6.10 Å². The third-order valence-corrected chi connectivity index (χ3v) is 5.66. The average Bonchev–Trinajstić information content (AvgIpc) is 2.73. The van der Waals surface area contributed by atoms with E-state index >= 15 is 0 Å². The van der Waals surface area contributed by atoms with Gasteiger partial charge >= 0.3 is 0 Å². The monoisotopic (exact) mass is 484 g/mol. The van der Waals surface area contributed by atoms with E-state index in [1.807, 2.05) is 24.3 Å². The fraction of sp³-hybridized carbons (Fsp3) is 0.130. The molecular weight excluding hydrogens is 468 g/mol. The molecule has 152 valence electrons. The van der Waals surface area contributed by atoms with E-state index in [0.717, 1.165) is 10.0 Å². The van der Waals surface area contributed by atoms with Crippen molar-refractivity contribution in [2.45, 2.75) is 19.6 Å². The summed E-state index contributed by atoms with van der Waals surface area (Å²) in [4.78, 5) is 27.1. The molecule has 0 bridgehead atoms. The van der Waals surface area contributed by atoms with Crippen molar-refractivity contribution in [3.05, 3.63) is 87.4 Å². The van der Waals surface area contributed by atoms with Crippen LogP contribution >= 0.6 is 27.5 Å². The summed E-state index contributed by atoms with van der Waals surface area (Å²) in [5.41, 5.74) is 2.51. The van der Waals surface area contributed by atoms with Crippen molar-refractivity contribution in [3.63, 3.8) is 0 Å². The largest absolute Gasteiger partial charge is 0.479 e. The summed E-state index contributed by atoms with van der Waals surface area (Å²) in [6, 6.07) is 19.8. The van der Waals surface area contributed by atoms with Crippen LogP contribution in [0.1, 0.15) is 22.8 Å². The molecule has 2 amide bonds. The zero-order valence-corrected chi connectivity index (χ0v) is 18.4. The second kappa shape index (κ2) is 8.50. The van der Waals surface area contributed by atoms with Gasteiger partial charge in [0.25, 0.3) is 11.8 Å². The molecule has 1 aliphatic heterocycles. The van der Waals surface area contributed by atoms with Crippen LogP contribution < -0.4 is 15.0 Å². The number of halogens is 2. The second-order valence-corrected chi connectivity index (χ2v) is 8.25. The highest BCUT2D eigenvalue weighted by atomic mass is 79.9.